The van der Waals surface area contributed by atoms with E-state index in [1.54, 1.807) is 0 Å². The van der Waals surface area contributed by atoms with E-state index in [1.807, 2.05) is 13.0 Å². The first-order valence-electron chi connectivity index (χ1n) is 9.40. The number of esters is 1. The van der Waals surface area contributed by atoms with Gasteiger partial charge in [0.25, 0.3) is 0 Å². The topological polar surface area (TPSA) is 35.5 Å². The molecule has 0 unspecified atom stereocenters. The number of hydrogen-bond donors (Lipinski definition) is 0. The summed E-state index contributed by atoms with van der Waals surface area (Å²) in [6, 6.07) is 4.12. The Bertz CT molecular complexity index is 518. The van der Waals surface area contributed by atoms with Crippen LogP contribution in [-0.2, 0) is 4.74 Å². The Morgan fingerprint density at radius 3 is 2.25 bits per heavy atom. The van der Waals surface area contributed by atoms with Crippen molar-refractivity contribution in [2.24, 2.45) is 0 Å². The van der Waals surface area contributed by atoms with E-state index in [1.165, 1.54) is 12.8 Å². The van der Waals surface area contributed by atoms with E-state index >= 15 is 0 Å². The molecule has 0 aliphatic heterocycles. The van der Waals surface area contributed by atoms with Gasteiger partial charge in [0.05, 0.1) is 13.2 Å². The Balaban J connectivity index is 3.16. The van der Waals surface area contributed by atoms with Gasteiger partial charge in [-0.15, -0.1) is 0 Å². The Hall–Kier alpha value is -1.51. The maximum atomic E-state index is 12.4. The Morgan fingerprint density at radius 1 is 1.00 bits per heavy atom. The highest BCUT2D eigenvalue weighted by molar-refractivity contribution is 5.93. The molecule has 0 aromatic heterocycles. The van der Waals surface area contributed by atoms with Crippen molar-refractivity contribution >= 4 is 5.97 Å². The van der Waals surface area contributed by atoms with E-state index in [9.17, 15) is 4.79 Å². The summed E-state index contributed by atoms with van der Waals surface area (Å²) in [5.41, 5.74) is 2.82. The van der Waals surface area contributed by atoms with Crippen LogP contribution in [0.3, 0.4) is 0 Å². The molecule has 0 saturated heterocycles. The number of ether oxygens (including phenoxy) is 2. The number of benzene rings is 1. The second-order valence-electron chi connectivity index (χ2n) is 6.93. The maximum Gasteiger partial charge on any atom is 0.341 e. The number of unbranched alkanes of at least 4 members (excludes halogenated alkanes) is 3. The smallest absolute Gasteiger partial charge is 0.341 e. The van der Waals surface area contributed by atoms with Gasteiger partial charge >= 0.3 is 5.97 Å². The third-order valence-corrected chi connectivity index (χ3v) is 4.17. The molecule has 0 spiro atoms. The zero-order chi connectivity index (χ0) is 18.1. The zero-order valence-electron chi connectivity index (χ0n) is 16.3. The van der Waals surface area contributed by atoms with E-state index in [2.05, 4.69) is 40.7 Å². The van der Waals surface area contributed by atoms with Crippen LogP contribution in [0.2, 0.25) is 0 Å². The molecule has 0 heterocycles. The van der Waals surface area contributed by atoms with E-state index in [0.29, 0.717) is 36.4 Å². The van der Waals surface area contributed by atoms with Crippen molar-refractivity contribution in [3.8, 4) is 5.75 Å². The average Bonchev–Trinajstić information content (AvgIpc) is 2.54. The fourth-order valence-corrected chi connectivity index (χ4v) is 2.66. The summed E-state index contributed by atoms with van der Waals surface area (Å²) in [6.45, 7) is 13.6. The van der Waals surface area contributed by atoms with Gasteiger partial charge in [0.15, 0.2) is 0 Å². The minimum absolute atomic E-state index is 0.287. The number of hydrogen-bond acceptors (Lipinski definition) is 3. The molecule has 24 heavy (non-hydrogen) atoms. The molecule has 0 amide bonds. The van der Waals surface area contributed by atoms with Crippen molar-refractivity contribution in [3.63, 3.8) is 0 Å². The van der Waals surface area contributed by atoms with Crippen molar-refractivity contribution in [2.45, 2.75) is 79.1 Å². The first-order valence-corrected chi connectivity index (χ1v) is 9.40. The first kappa shape index (κ1) is 20.5. The van der Waals surface area contributed by atoms with Gasteiger partial charge in [-0.05, 0) is 42.4 Å². The first-order chi connectivity index (χ1) is 11.4. The predicted octanol–water partition coefficient (Wildman–Crippen LogP) is 6.07. The summed E-state index contributed by atoms with van der Waals surface area (Å²) < 4.78 is 11.3. The summed E-state index contributed by atoms with van der Waals surface area (Å²) in [5.74, 6) is 1.08. The van der Waals surface area contributed by atoms with Gasteiger partial charge in [0.2, 0.25) is 0 Å². The Labute approximate surface area is 147 Å². The summed E-state index contributed by atoms with van der Waals surface area (Å²) >= 11 is 0. The highest BCUT2D eigenvalue weighted by Gasteiger charge is 2.21. The van der Waals surface area contributed by atoms with Crippen molar-refractivity contribution < 1.29 is 14.3 Å². The van der Waals surface area contributed by atoms with Gasteiger partial charge in [0, 0.05) is 0 Å². The van der Waals surface area contributed by atoms with Crippen LogP contribution < -0.4 is 4.74 Å². The van der Waals surface area contributed by atoms with Gasteiger partial charge in [-0.25, -0.2) is 4.79 Å². The molecule has 0 aliphatic rings. The minimum Gasteiger partial charge on any atom is -0.492 e. The van der Waals surface area contributed by atoms with E-state index < -0.39 is 0 Å². The molecular weight excluding hydrogens is 300 g/mol. The van der Waals surface area contributed by atoms with E-state index in [4.69, 9.17) is 9.47 Å². The number of carbonyl (C=O) groups is 1. The Morgan fingerprint density at radius 2 is 1.71 bits per heavy atom. The van der Waals surface area contributed by atoms with Crippen LogP contribution in [0.4, 0.5) is 0 Å². The normalized spacial score (nSPS) is 11.2. The molecular formula is C21H34O3. The van der Waals surface area contributed by atoms with Gasteiger partial charge in [-0.3, -0.25) is 0 Å². The molecule has 0 saturated carbocycles. The largest absolute Gasteiger partial charge is 0.492 e. The summed E-state index contributed by atoms with van der Waals surface area (Å²) in [5, 5.41) is 0. The maximum absolute atomic E-state index is 12.4. The van der Waals surface area contributed by atoms with Gasteiger partial charge in [0.1, 0.15) is 11.3 Å². The molecule has 0 aliphatic carbocycles. The molecule has 0 fully saturated rings. The van der Waals surface area contributed by atoms with Gasteiger partial charge < -0.3 is 9.47 Å². The Kier molecular flexibility index (Phi) is 8.88. The lowest BCUT2D eigenvalue weighted by Gasteiger charge is -2.20. The monoisotopic (exact) mass is 334 g/mol. The summed E-state index contributed by atoms with van der Waals surface area (Å²) in [6.07, 6.45) is 4.59. The van der Waals surface area contributed by atoms with Crippen molar-refractivity contribution in [3.05, 3.63) is 28.8 Å². The molecule has 136 valence electrons. The van der Waals surface area contributed by atoms with Crippen LogP contribution in [0.5, 0.6) is 5.75 Å². The lowest BCUT2D eigenvalue weighted by Crippen LogP contribution is -2.12. The highest BCUT2D eigenvalue weighted by atomic mass is 16.5. The second-order valence-corrected chi connectivity index (χ2v) is 6.93. The molecule has 0 radical (unpaired) electrons. The molecule has 1 rings (SSSR count). The third-order valence-electron chi connectivity index (χ3n) is 4.17. The van der Waals surface area contributed by atoms with Crippen molar-refractivity contribution in [2.75, 3.05) is 13.2 Å². The average molecular weight is 335 g/mol. The van der Waals surface area contributed by atoms with Crippen LogP contribution in [0.1, 0.15) is 101 Å². The molecule has 0 N–H and O–H groups in total. The predicted molar refractivity (Wildman–Crippen MR) is 100 cm³/mol. The van der Waals surface area contributed by atoms with Gasteiger partial charge in [-0.1, -0.05) is 59.9 Å². The number of rotatable bonds is 10. The standard InChI is InChI=1S/C21H34O3/c1-7-9-10-11-12-24-20-18(16(5)6)13-17(15(3)4)14-19(20)21(22)23-8-2/h13-16H,7-12H2,1-6H3. The van der Waals surface area contributed by atoms with Crippen molar-refractivity contribution in [1.82, 2.24) is 0 Å². The third kappa shape index (κ3) is 5.85. The fraction of sp³-hybridized carbons (Fsp3) is 0.667. The lowest BCUT2D eigenvalue weighted by atomic mass is 9.92. The molecule has 3 heteroatoms. The van der Waals surface area contributed by atoms with E-state index in [0.717, 1.165) is 24.0 Å². The van der Waals surface area contributed by atoms with Gasteiger partial charge in [-0.2, -0.15) is 0 Å². The zero-order valence-corrected chi connectivity index (χ0v) is 16.3. The summed E-state index contributed by atoms with van der Waals surface area (Å²) in [7, 11) is 0. The molecule has 3 nitrogen and oxygen atoms in total. The molecule has 0 bridgehead atoms. The van der Waals surface area contributed by atoms with Crippen LogP contribution >= 0.6 is 0 Å². The quantitative estimate of drug-likeness (QED) is 0.385. The van der Waals surface area contributed by atoms with Crippen LogP contribution in [0, 0.1) is 0 Å². The molecule has 1 aromatic rings. The highest BCUT2D eigenvalue weighted by Crippen LogP contribution is 2.34. The van der Waals surface area contributed by atoms with Crippen LogP contribution in [0.25, 0.3) is 0 Å². The van der Waals surface area contributed by atoms with Crippen LogP contribution in [0.15, 0.2) is 12.1 Å². The van der Waals surface area contributed by atoms with Crippen molar-refractivity contribution in [1.29, 1.82) is 0 Å². The lowest BCUT2D eigenvalue weighted by molar-refractivity contribution is 0.0521. The molecule has 1 aromatic carbocycles. The minimum atomic E-state index is -0.287. The SMILES string of the molecule is CCCCCCOc1c(C(=O)OCC)cc(C(C)C)cc1C(C)C. The molecule has 0 atom stereocenters. The van der Waals surface area contributed by atoms with Crippen LogP contribution in [-0.4, -0.2) is 19.2 Å². The van der Waals surface area contributed by atoms with E-state index in [-0.39, 0.29) is 5.97 Å². The fourth-order valence-electron chi connectivity index (χ4n) is 2.66. The summed E-state index contributed by atoms with van der Waals surface area (Å²) in [4.78, 5) is 12.4. The second kappa shape index (κ2) is 10.4. The number of carbonyl (C=O) groups excluding carboxylic acids is 1.